The van der Waals surface area contributed by atoms with Gasteiger partial charge in [-0.05, 0) is 19.9 Å². The Morgan fingerprint density at radius 1 is 1.07 bits per heavy atom. The second kappa shape index (κ2) is 8.78. The number of benzene rings is 1. The van der Waals surface area contributed by atoms with E-state index >= 15 is 0 Å². The fraction of sp³-hybridized carbons (Fsp3) is 0.200. The van der Waals surface area contributed by atoms with Crippen LogP contribution in [0.15, 0.2) is 46.3 Å². The number of rotatable bonds is 7. The first-order chi connectivity index (χ1) is 14.5. The summed E-state index contributed by atoms with van der Waals surface area (Å²) in [6, 6.07) is 11.4. The summed E-state index contributed by atoms with van der Waals surface area (Å²) >= 11 is 1.39. The van der Waals surface area contributed by atoms with E-state index in [2.05, 4.69) is 35.7 Å². The third-order valence-corrected chi connectivity index (χ3v) is 4.84. The molecule has 152 valence electrons. The predicted molar refractivity (Wildman–Crippen MR) is 112 cm³/mol. The molecule has 30 heavy (non-hydrogen) atoms. The van der Waals surface area contributed by atoms with Gasteiger partial charge in [0.05, 0.1) is 18.7 Å². The Bertz CT molecular complexity index is 1140. The smallest absolute Gasteiger partial charge is 0.246 e. The van der Waals surface area contributed by atoms with Crippen molar-refractivity contribution in [3.63, 3.8) is 0 Å². The van der Waals surface area contributed by atoms with E-state index in [0.29, 0.717) is 28.5 Å². The van der Waals surface area contributed by atoms with Crippen LogP contribution in [0.25, 0.3) is 11.4 Å². The molecule has 0 saturated carbocycles. The van der Waals surface area contributed by atoms with Crippen molar-refractivity contribution in [2.75, 3.05) is 5.32 Å². The van der Waals surface area contributed by atoms with E-state index in [1.807, 2.05) is 55.6 Å². The Morgan fingerprint density at radius 3 is 2.60 bits per heavy atom. The maximum atomic E-state index is 12.2. The standard InChI is InChI=1S/C20H19N7O2S/c1-12-8-13(2)23-19(22-12)26-20-24-15(11-30-20)9-16(28)21-10-17-25-18(27-29-17)14-6-4-3-5-7-14/h3-8,11H,9-10H2,1-2H3,(H,21,28)(H,22,23,24,26). The molecule has 0 radical (unpaired) electrons. The molecule has 1 amide bonds. The molecule has 0 aliphatic heterocycles. The van der Waals surface area contributed by atoms with Gasteiger partial charge in [-0.3, -0.25) is 4.79 Å². The van der Waals surface area contributed by atoms with E-state index in [1.165, 1.54) is 11.3 Å². The molecule has 2 N–H and O–H groups in total. The number of thiazole rings is 1. The summed E-state index contributed by atoms with van der Waals surface area (Å²) in [7, 11) is 0. The average Bonchev–Trinajstić information content (AvgIpc) is 3.36. The normalized spacial score (nSPS) is 10.7. The van der Waals surface area contributed by atoms with Crippen LogP contribution in [0, 0.1) is 13.8 Å². The highest BCUT2D eigenvalue weighted by atomic mass is 32.1. The lowest BCUT2D eigenvalue weighted by Crippen LogP contribution is -2.24. The molecule has 0 spiro atoms. The third kappa shape index (κ3) is 5.03. The first-order valence-electron chi connectivity index (χ1n) is 9.23. The number of carbonyl (C=O) groups is 1. The van der Waals surface area contributed by atoms with Gasteiger partial charge in [-0.2, -0.15) is 4.98 Å². The quantitative estimate of drug-likeness (QED) is 0.467. The second-order valence-electron chi connectivity index (χ2n) is 6.57. The van der Waals surface area contributed by atoms with Crippen LogP contribution in [0.4, 0.5) is 11.1 Å². The van der Waals surface area contributed by atoms with E-state index in [4.69, 9.17) is 4.52 Å². The molecule has 0 bridgehead atoms. The van der Waals surface area contributed by atoms with E-state index in [-0.39, 0.29) is 18.9 Å². The lowest BCUT2D eigenvalue weighted by molar-refractivity contribution is -0.120. The molecule has 1 aromatic carbocycles. The van der Waals surface area contributed by atoms with E-state index in [0.717, 1.165) is 17.0 Å². The van der Waals surface area contributed by atoms with Gasteiger partial charge >= 0.3 is 0 Å². The van der Waals surface area contributed by atoms with Crippen molar-refractivity contribution < 1.29 is 9.32 Å². The zero-order valence-corrected chi connectivity index (χ0v) is 17.2. The molecule has 0 atom stereocenters. The van der Waals surface area contributed by atoms with Gasteiger partial charge in [0.2, 0.25) is 23.6 Å². The molecular formula is C20H19N7O2S. The van der Waals surface area contributed by atoms with Crippen LogP contribution in [0.1, 0.15) is 23.0 Å². The summed E-state index contributed by atoms with van der Waals surface area (Å²) in [5, 5.41) is 12.2. The zero-order valence-electron chi connectivity index (χ0n) is 16.4. The van der Waals surface area contributed by atoms with Crippen molar-refractivity contribution in [1.29, 1.82) is 0 Å². The van der Waals surface area contributed by atoms with Crippen molar-refractivity contribution in [1.82, 2.24) is 30.4 Å². The van der Waals surface area contributed by atoms with Crippen LogP contribution in [-0.2, 0) is 17.8 Å². The highest BCUT2D eigenvalue weighted by molar-refractivity contribution is 7.13. The Kier molecular flexibility index (Phi) is 5.75. The largest absolute Gasteiger partial charge is 0.347 e. The molecule has 4 aromatic rings. The average molecular weight is 421 g/mol. The molecule has 0 fully saturated rings. The van der Waals surface area contributed by atoms with Crippen molar-refractivity contribution >= 4 is 28.3 Å². The Labute approximate surface area is 176 Å². The Morgan fingerprint density at radius 2 is 1.83 bits per heavy atom. The van der Waals surface area contributed by atoms with Crippen LogP contribution >= 0.6 is 11.3 Å². The summed E-state index contributed by atoms with van der Waals surface area (Å²) in [5.74, 6) is 1.14. The summed E-state index contributed by atoms with van der Waals surface area (Å²) < 4.78 is 5.20. The number of aromatic nitrogens is 5. The van der Waals surface area contributed by atoms with Gasteiger partial charge in [0.15, 0.2) is 5.13 Å². The molecule has 10 heteroatoms. The van der Waals surface area contributed by atoms with E-state index < -0.39 is 0 Å². The minimum absolute atomic E-state index is 0.144. The van der Waals surface area contributed by atoms with Crippen LogP contribution in [0.3, 0.4) is 0 Å². The molecule has 3 aromatic heterocycles. The molecule has 0 saturated heterocycles. The number of hydrogen-bond acceptors (Lipinski definition) is 9. The first-order valence-corrected chi connectivity index (χ1v) is 10.1. The molecule has 0 unspecified atom stereocenters. The fourth-order valence-corrected chi connectivity index (χ4v) is 3.46. The van der Waals surface area contributed by atoms with E-state index in [1.54, 1.807) is 0 Å². The lowest BCUT2D eigenvalue weighted by atomic mass is 10.2. The summed E-state index contributed by atoms with van der Waals surface area (Å²) in [6.45, 7) is 3.97. The van der Waals surface area contributed by atoms with Crippen molar-refractivity contribution in [2.45, 2.75) is 26.8 Å². The highest BCUT2D eigenvalue weighted by Crippen LogP contribution is 2.19. The number of aryl methyl sites for hydroxylation is 2. The van der Waals surface area contributed by atoms with Gasteiger partial charge in [-0.15, -0.1) is 11.3 Å². The lowest BCUT2D eigenvalue weighted by Gasteiger charge is -2.03. The third-order valence-electron chi connectivity index (χ3n) is 4.03. The molecule has 3 heterocycles. The number of anilines is 2. The van der Waals surface area contributed by atoms with Crippen LogP contribution in [-0.4, -0.2) is 31.0 Å². The Hall–Kier alpha value is -3.66. The van der Waals surface area contributed by atoms with Gasteiger partial charge in [0.1, 0.15) is 0 Å². The topological polar surface area (TPSA) is 119 Å². The number of amides is 1. The second-order valence-corrected chi connectivity index (χ2v) is 7.43. The van der Waals surface area contributed by atoms with Gasteiger partial charge in [-0.25, -0.2) is 15.0 Å². The van der Waals surface area contributed by atoms with Gasteiger partial charge in [-0.1, -0.05) is 35.5 Å². The molecular weight excluding hydrogens is 402 g/mol. The monoisotopic (exact) mass is 421 g/mol. The fourth-order valence-electron chi connectivity index (χ4n) is 2.76. The van der Waals surface area contributed by atoms with E-state index in [9.17, 15) is 4.79 Å². The predicted octanol–water partition coefficient (Wildman–Crippen LogP) is 3.20. The van der Waals surface area contributed by atoms with Gasteiger partial charge in [0, 0.05) is 22.3 Å². The molecule has 9 nitrogen and oxygen atoms in total. The number of carbonyl (C=O) groups excluding carboxylic acids is 1. The highest BCUT2D eigenvalue weighted by Gasteiger charge is 2.12. The minimum atomic E-state index is -0.186. The van der Waals surface area contributed by atoms with Gasteiger partial charge < -0.3 is 15.2 Å². The van der Waals surface area contributed by atoms with Gasteiger partial charge in [0.25, 0.3) is 0 Å². The molecule has 4 rings (SSSR count). The van der Waals surface area contributed by atoms with Crippen molar-refractivity contribution in [2.24, 2.45) is 0 Å². The van der Waals surface area contributed by atoms with Crippen molar-refractivity contribution in [3.8, 4) is 11.4 Å². The molecule has 0 aliphatic carbocycles. The summed E-state index contributed by atoms with van der Waals surface area (Å²) in [4.78, 5) is 29.6. The van der Waals surface area contributed by atoms with Crippen LogP contribution < -0.4 is 10.6 Å². The van der Waals surface area contributed by atoms with Crippen molar-refractivity contribution in [3.05, 3.63) is 64.8 Å². The molecule has 0 aliphatic rings. The first kappa shape index (κ1) is 19.6. The maximum absolute atomic E-state index is 12.2. The number of nitrogens with one attached hydrogen (secondary N) is 2. The number of nitrogens with zero attached hydrogens (tertiary/aromatic N) is 5. The van der Waals surface area contributed by atoms with Crippen LogP contribution in [0.2, 0.25) is 0 Å². The minimum Gasteiger partial charge on any atom is -0.347 e. The SMILES string of the molecule is Cc1cc(C)nc(Nc2nc(CC(=O)NCc3nc(-c4ccccc4)no3)cs2)n1. The summed E-state index contributed by atoms with van der Waals surface area (Å²) in [5.41, 5.74) is 3.25. The summed E-state index contributed by atoms with van der Waals surface area (Å²) in [6.07, 6.45) is 0.144. The zero-order chi connectivity index (χ0) is 20.9. The van der Waals surface area contributed by atoms with Crippen LogP contribution in [0.5, 0.6) is 0 Å². The Balaban J connectivity index is 1.30. The number of hydrogen-bond donors (Lipinski definition) is 2. The maximum Gasteiger partial charge on any atom is 0.246 e.